The van der Waals surface area contributed by atoms with Crippen molar-refractivity contribution in [2.45, 2.75) is 6.92 Å². The van der Waals surface area contributed by atoms with Crippen LogP contribution in [0.15, 0.2) is 66.7 Å². The maximum absolute atomic E-state index is 13.9. The molecule has 0 saturated heterocycles. The number of phenolic OH excluding ortho intramolecular Hbond substituents is 1. The lowest BCUT2D eigenvalue weighted by Gasteiger charge is -2.29. The maximum Gasteiger partial charge on any atom is 0.307 e. The minimum atomic E-state index is -3.31. The molecule has 3 aromatic carbocycles. The molecule has 0 saturated carbocycles. The van der Waals surface area contributed by atoms with Crippen molar-refractivity contribution in [2.75, 3.05) is 0 Å². The van der Waals surface area contributed by atoms with E-state index in [1.807, 2.05) is 55.5 Å². The fourth-order valence-corrected chi connectivity index (χ4v) is 5.54. The van der Waals surface area contributed by atoms with Gasteiger partial charge < -0.3 is 9.63 Å². The molecule has 23 heavy (non-hydrogen) atoms. The molecule has 0 fully saturated rings. The second-order valence-electron chi connectivity index (χ2n) is 5.63. The molecule has 0 aliphatic carbocycles. The van der Waals surface area contributed by atoms with Crippen LogP contribution >= 0.6 is 7.37 Å². The lowest BCUT2D eigenvalue weighted by Crippen LogP contribution is -2.26. The Bertz CT molecular complexity index is 962. The quantitative estimate of drug-likeness (QED) is 0.689. The standard InChI is InChI=1S/C19H15O3P/c1-13-10-11-14(20)12-19(13)23(21)18-9-5-3-7-16(18)15-6-2-4-8-17(15)22-23/h2-12,20H,1H3. The van der Waals surface area contributed by atoms with E-state index in [1.54, 1.807) is 18.2 Å². The van der Waals surface area contributed by atoms with E-state index >= 15 is 0 Å². The van der Waals surface area contributed by atoms with Crippen LogP contribution in [0, 0.1) is 6.92 Å². The van der Waals surface area contributed by atoms with Gasteiger partial charge in [0.05, 0.1) is 10.6 Å². The predicted octanol–water partition coefficient (Wildman–Crippen LogP) is 3.99. The zero-order chi connectivity index (χ0) is 16.0. The third-order valence-electron chi connectivity index (χ3n) is 4.14. The summed E-state index contributed by atoms with van der Waals surface area (Å²) in [6.45, 7) is 1.88. The summed E-state index contributed by atoms with van der Waals surface area (Å²) in [4.78, 5) is 0. The number of phenols is 1. The number of rotatable bonds is 1. The molecule has 114 valence electrons. The summed E-state index contributed by atoms with van der Waals surface area (Å²) in [5, 5.41) is 11.1. The number of hydrogen-bond acceptors (Lipinski definition) is 3. The van der Waals surface area contributed by atoms with Crippen molar-refractivity contribution in [3.8, 4) is 22.6 Å². The zero-order valence-electron chi connectivity index (χ0n) is 12.6. The maximum atomic E-state index is 13.9. The first-order chi connectivity index (χ1) is 11.1. The number of aromatic hydroxyl groups is 1. The van der Waals surface area contributed by atoms with Crippen LogP contribution in [0.2, 0.25) is 0 Å². The molecule has 1 heterocycles. The van der Waals surface area contributed by atoms with Crippen molar-refractivity contribution >= 4 is 18.0 Å². The van der Waals surface area contributed by atoms with Gasteiger partial charge in [-0.2, -0.15) is 0 Å². The molecule has 0 radical (unpaired) electrons. The fourth-order valence-electron chi connectivity index (χ4n) is 3.01. The lowest BCUT2D eigenvalue weighted by molar-refractivity contribution is 0.474. The van der Waals surface area contributed by atoms with Crippen LogP contribution in [0.25, 0.3) is 11.1 Å². The largest absolute Gasteiger partial charge is 0.508 e. The van der Waals surface area contributed by atoms with E-state index in [4.69, 9.17) is 4.52 Å². The van der Waals surface area contributed by atoms with Crippen LogP contribution in [0.4, 0.5) is 0 Å². The summed E-state index contributed by atoms with van der Waals surface area (Å²) in [6.07, 6.45) is 0. The molecule has 4 rings (SSSR count). The zero-order valence-corrected chi connectivity index (χ0v) is 13.5. The Labute approximate surface area is 134 Å². The number of benzene rings is 3. The summed E-state index contributed by atoms with van der Waals surface area (Å²) < 4.78 is 19.9. The molecule has 0 bridgehead atoms. The van der Waals surface area contributed by atoms with E-state index < -0.39 is 7.37 Å². The van der Waals surface area contributed by atoms with Crippen LogP contribution < -0.4 is 15.1 Å². The average molecular weight is 322 g/mol. The summed E-state index contributed by atoms with van der Waals surface area (Å²) in [7, 11) is -3.31. The van der Waals surface area contributed by atoms with Gasteiger partial charge >= 0.3 is 7.37 Å². The smallest absolute Gasteiger partial charge is 0.307 e. The van der Waals surface area contributed by atoms with Crippen LogP contribution in [0.3, 0.4) is 0 Å². The van der Waals surface area contributed by atoms with Crippen LogP contribution in [0.1, 0.15) is 5.56 Å². The van der Waals surface area contributed by atoms with Gasteiger partial charge in [-0.15, -0.1) is 0 Å². The summed E-state index contributed by atoms with van der Waals surface area (Å²) in [6, 6.07) is 20.1. The molecule has 0 amide bonds. The average Bonchev–Trinajstić information content (AvgIpc) is 2.57. The van der Waals surface area contributed by atoms with Crippen molar-refractivity contribution in [3.63, 3.8) is 0 Å². The Balaban J connectivity index is 2.05. The van der Waals surface area contributed by atoms with E-state index in [-0.39, 0.29) is 5.75 Å². The van der Waals surface area contributed by atoms with Gasteiger partial charge in [0.15, 0.2) is 0 Å². The molecule has 0 spiro atoms. The highest BCUT2D eigenvalue weighted by molar-refractivity contribution is 7.75. The van der Waals surface area contributed by atoms with Gasteiger partial charge in [0.1, 0.15) is 11.5 Å². The van der Waals surface area contributed by atoms with Crippen molar-refractivity contribution in [1.82, 2.24) is 0 Å². The molecule has 0 aromatic heterocycles. The van der Waals surface area contributed by atoms with E-state index in [1.165, 1.54) is 0 Å². The highest BCUT2D eigenvalue weighted by Gasteiger charge is 2.38. The Kier molecular flexibility index (Phi) is 3.07. The second-order valence-corrected chi connectivity index (χ2v) is 7.88. The first-order valence-electron chi connectivity index (χ1n) is 7.38. The topological polar surface area (TPSA) is 46.5 Å². The van der Waals surface area contributed by atoms with Crippen LogP contribution in [-0.2, 0) is 4.57 Å². The molecule has 1 atom stereocenters. The van der Waals surface area contributed by atoms with Crippen molar-refractivity contribution in [1.29, 1.82) is 0 Å². The number of para-hydroxylation sites is 1. The van der Waals surface area contributed by atoms with Crippen LogP contribution in [-0.4, -0.2) is 5.11 Å². The minimum absolute atomic E-state index is 0.0840. The van der Waals surface area contributed by atoms with Gasteiger partial charge in [-0.1, -0.05) is 42.5 Å². The predicted molar refractivity (Wildman–Crippen MR) is 92.2 cm³/mol. The van der Waals surface area contributed by atoms with Gasteiger partial charge in [0, 0.05) is 5.56 Å². The molecular weight excluding hydrogens is 307 g/mol. The molecule has 1 unspecified atom stereocenters. The summed E-state index contributed by atoms with van der Waals surface area (Å²) >= 11 is 0. The highest BCUT2D eigenvalue weighted by Crippen LogP contribution is 2.54. The van der Waals surface area contributed by atoms with Gasteiger partial charge in [0.25, 0.3) is 0 Å². The monoisotopic (exact) mass is 322 g/mol. The van der Waals surface area contributed by atoms with E-state index in [2.05, 4.69) is 0 Å². The minimum Gasteiger partial charge on any atom is -0.508 e. The summed E-state index contributed by atoms with van der Waals surface area (Å²) in [5.41, 5.74) is 2.69. The second kappa shape index (κ2) is 5.00. The molecule has 1 aliphatic heterocycles. The first-order valence-corrected chi connectivity index (χ1v) is 9.01. The Morgan fingerprint density at radius 2 is 1.57 bits per heavy atom. The molecule has 3 nitrogen and oxygen atoms in total. The van der Waals surface area contributed by atoms with E-state index in [0.29, 0.717) is 16.4 Å². The third kappa shape index (κ3) is 2.08. The van der Waals surface area contributed by atoms with Gasteiger partial charge in [-0.05, 0) is 42.3 Å². The lowest BCUT2D eigenvalue weighted by atomic mass is 10.0. The van der Waals surface area contributed by atoms with Gasteiger partial charge in [0.2, 0.25) is 0 Å². The molecule has 3 aromatic rings. The van der Waals surface area contributed by atoms with Crippen molar-refractivity contribution < 1.29 is 14.2 Å². The first kappa shape index (κ1) is 14.1. The van der Waals surface area contributed by atoms with Gasteiger partial charge in [-0.3, -0.25) is 4.57 Å². The number of fused-ring (bicyclic) bond motifs is 3. The van der Waals surface area contributed by atoms with Crippen LogP contribution in [0.5, 0.6) is 11.5 Å². The highest BCUT2D eigenvalue weighted by atomic mass is 31.2. The fraction of sp³-hybridized carbons (Fsp3) is 0.0526. The normalized spacial score (nSPS) is 18.7. The Morgan fingerprint density at radius 3 is 2.39 bits per heavy atom. The van der Waals surface area contributed by atoms with Crippen molar-refractivity contribution in [3.05, 3.63) is 72.3 Å². The molecular formula is C19H15O3P. The Hall–Kier alpha value is -2.51. The van der Waals surface area contributed by atoms with E-state index in [0.717, 1.165) is 16.7 Å². The van der Waals surface area contributed by atoms with Gasteiger partial charge in [-0.25, -0.2) is 0 Å². The van der Waals surface area contributed by atoms with E-state index in [9.17, 15) is 9.67 Å². The molecule has 1 N–H and O–H groups in total. The molecule has 1 aliphatic rings. The molecule has 4 heteroatoms. The van der Waals surface area contributed by atoms with Crippen molar-refractivity contribution in [2.24, 2.45) is 0 Å². The summed E-state index contributed by atoms with van der Waals surface area (Å²) in [5.74, 6) is 0.693. The SMILES string of the molecule is Cc1ccc(O)cc1P1(=O)Oc2ccccc2-c2ccccc21. The number of aryl methyl sites for hydroxylation is 1. The third-order valence-corrected chi connectivity index (χ3v) is 6.73. The Morgan fingerprint density at radius 1 is 0.870 bits per heavy atom. The number of hydrogen-bond donors (Lipinski definition) is 1.